The van der Waals surface area contributed by atoms with Gasteiger partial charge in [0.25, 0.3) is 5.91 Å². The maximum atomic E-state index is 12.6. The molecule has 0 radical (unpaired) electrons. The SMILES string of the molecule is COc1ccc(C(=O)Nc2ccc(OCCN)c(-c3ccnn3C)c2)cc1Br. The summed E-state index contributed by atoms with van der Waals surface area (Å²) in [5.74, 6) is 1.12. The summed E-state index contributed by atoms with van der Waals surface area (Å²) in [5.41, 5.74) is 8.41. The van der Waals surface area contributed by atoms with Crippen molar-refractivity contribution in [3.63, 3.8) is 0 Å². The van der Waals surface area contributed by atoms with Crippen molar-refractivity contribution in [2.75, 3.05) is 25.6 Å². The van der Waals surface area contributed by atoms with E-state index in [1.807, 2.05) is 25.2 Å². The molecule has 0 fully saturated rings. The molecule has 146 valence electrons. The monoisotopic (exact) mass is 444 g/mol. The number of nitrogens with one attached hydrogen (secondary N) is 1. The van der Waals surface area contributed by atoms with Gasteiger partial charge in [-0.2, -0.15) is 5.10 Å². The first kappa shape index (κ1) is 19.9. The number of aryl methyl sites for hydroxylation is 1. The maximum Gasteiger partial charge on any atom is 0.255 e. The predicted octanol–water partition coefficient (Wildman–Crippen LogP) is 3.45. The number of carbonyl (C=O) groups excluding carboxylic acids is 1. The van der Waals surface area contributed by atoms with Crippen LogP contribution in [0.3, 0.4) is 0 Å². The summed E-state index contributed by atoms with van der Waals surface area (Å²) in [7, 11) is 3.43. The molecule has 1 amide bonds. The van der Waals surface area contributed by atoms with E-state index in [0.29, 0.717) is 40.4 Å². The Morgan fingerprint density at radius 1 is 1.21 bits per heavy atom. The fourth-order valence-electron chi connectivity index (χ4n) is 2.75. The molecule has 1 heterocycles. The molecule has 0 atom stereocenters. The number of methoxy groups -OCH3 is 1. The van der Waals surface area contributed by atoms with Crippen molar-refractivity contribution in [2.24, 2.45) is 12.8 Å². The number of hydrogen-bond donors (Lipinski definition) is 2. The van der Waals surface area contributed by atoms with E-state index in [1.54, 1.807) is 42.3 Å². The second-order valence-electron chi connectivity index (χ2n) is 5.99. The molecular weight excluding hydrogens is 424 g/mol. The van der Waals surface area contributed by atoms with Gasteiger partial charge in [-0.1, -0.05) is 0 Å². The quantitative estimate of drug-likeness (QED) is 0.582. The molecule has 0 saturated heterocycles. The highest BCUT2D eigenvalue weighted by Gasteiger charge is 2.14. The van der Waals surface area contributed by atoms with Crippen LogP contribution >= 0.6 is 15.9 Å². The largest absolute Gasteiger partial charge is 0.496 e. The molecule has 28 heavy (non-hydrogen) atoms. The van der Waals surface area contributed by atoms with Crippen LogP contribution in [0.1, 0.15) is 10.4 Å². The van der Waals surface area contributed by atoms with Crippen molar-refractivity contribution in [1.82, 2.24) is 9.78 Å². The number of hydrogen-bond acceptors (Lipinski definition) is 5. The zero-order valence-electron chi connectivity index (χ0n) is 15.6. The first-order valence-corrected chi connectivity index (χ1v) is 9.43. The minimum Gasteiger partial charge on any atom is -0.496 e. The van der Waals surface area contributed by atoms with Gasteiger partial charge in [0.05, 0.1) is 17.3 Å². The van der Waals surface area contributed by atoms with Gasteiger partial charge in [-0.25, -0.2) is 0 Å². The molecule has 3 rings (SSSR count). The van der Waals surface area contributed by atoms with E-state index in [4.69, 9.17) is 15.2 Å². The minimum atomic E-state index is -0.227. The lowest BCUT2D eigenvalue weighted by Crippen LogP contribution is -2.13. The summed E-state index contributed by atoms with van der Waals surface area (Å²) in [5, 5.41) is 7.13. The topological polar surface area (TPSA) is 91.4 Å². The standard InChI is InChI=1S/C20H21BrN4O3/c1-25-17(7-9-23-25)15-12-14(4-6-18(15)28-10-8-22)24-20(26)13-3-5-19(27-2)16(21)11-13/h3-7,9,11-12H,8,10,22H2,1-2H3,(H,24,26). The van der Waals surface area contributed by atoms with Gasteiger partial charge in [-0.3, -0.25) is 9.48 Å². The van der Waals surface area contributed by atoms with Gasteiger partial charge in [-0.05, 0) is 58.4 Å². The number of ether oxygens (including phenoxy) is 2. The molecule has 0 saturated carbocycles. The van der Waals surface area contributed by atoms with Gasteiger partial charge in [-0.15, -0.1) is 0 Å². The summed E-state index contributed by atoms with van der Waals surface area (Å²) < 4.78 is 13.4. The molecule has 0 aliphatic rings. The molecule has 3 N–H and O–H groups in total. The second kappa shape index (κ2) is 8.90. The van der Waals surface area contributed by atoms with E-state index >= 15 is 0 Å². The van der Waals surface area contributed by atoms with Crippen molar-refractivity contribution < 1.29 is 14.3 Å². The maximum absolute atomic E-state index is 12.6. The van der Waals surface area contributed by atoms with E-state index in [9.17, 15) is 4.79 Å². The Morgan fingerprint density at radius 2 is 2.00 bits per heavy atom. The summed E-state index contributed by atoms with van der Waals surface area (Å²) >= 11 is 3.40. The molecule has 3 aromatic rings. The van der Waals surface area contributed by atoms with Gasteiger partial charge >= 0.3 is 0 Å². The van der Waals surface area contributed by atoms with E-state index in [-0.39, 0.29) is 5.91 Å². The number of anilines is 1. The average molecular weight is 445 g/mol. The van der Waals surface area contributed by atoms with E-state index in [1.165, 1.54) is 0 Å². The van der Waals surface area contributed by atoms with Gasteiger partial charge < -0.3 is 20.5 Å². The van der Waals surface area contributed by atoms with Crippen LogP contribution in [0.15, 0.2) is 53.1 Å². The first-order chi connectivity index (χ1) is 13.5. The Kier molecular flexibility index (Phi) is 6.33. The zero-order chi connectivity index (χ0) is 20.1. The Morgan fingerprint density at radius 3 is 2.64 bits per heavy atom. The number of nitrogens with zero attached hydrogens (tertiary/aromatic N) is 2. The van der Waals surface area contributed by atoms with Crippen LogP contribution in [0, 0.1) is 0 Å². The lowest BCUT2D eigenvalue weighted by molar-refractivity contribution is 0.102. The van der Waals surface area contributed by atoms with Gasteiger partial charge in [0.15, 0.2) is 0 Å². The molecule has 8 heteroatoms. The van der Waals surface area contributed by atoms with Gasteiger partial charge in [0.1, 0.15) is 18.1 Å². The van der Waals surface area contributed by atoms with Crippen molar-refractivity contribution in [1.29, 1.82) is 0 Å². The smallest absolute Gasteiger partial charge is 0.255 e. The number of rotatable bonds is 7. The molecule has 0 aliphatic carbocycles. The summed E-state index contributed by atoms with van der Waals surface area (Å²) in [6.45, 7) is 0.812. The summed E-state index contributed by atoms with van der Waals surface area (Å²) in [6.07, 6.45) is 1.71. The second-order valence-corrected chi connectivity index (χ2v) is 6.85. The van der Waals surface area contributed by atoms with Gasteiger partial charge in [0, 0.05) is 36.6 Å². The fourth-order valence-corrected chi connectivity index (χ4v) is 3.29. The van der Waals surface area contributed by atoms with Crippen LogP contribution in [0.4, 0.5) is 5.69 Å². The number of aromatic nitrogens is 2. The van der Waals surface area contributed by atoms with E-state index < -0.39 is 0 Å². The Balaban J connectivity index is 1.89. The van der Waals surface area contributed by atoms with Crippen molar-refractivity contribution in [3.8, 4) is 22.8 Å². The van der Waals surface area contributed by atoms with Crippen molar-refractivity contribution in [2.45, 2.75) is 0 Å². The number of carbonyl (C=O) groups is 1. The predicted molar refractivity (Wildman–Crippen MR) is 112 cm³/mol. The van der Waals surface area contributed by atoms with Crippen LogP contribution in [0.5, 0.6) is 11.5 Å². The first-order valence-electron chi connectivity index (χ1n) is 8.63. The highest BCUT2D eigenvalue weighted by atomic mass is 79.9. The minimum absolute atomic E-state index is 0.227. The van der Waals surface area contributed by atoms with Crippen LogP contribution < -0.4 is 20.5 Å². The third-order valence-electron chi connectivity index (χ3n) is 4.12. The molecule has 0 spiro atoms. The molecule has 0 aliphatic heterocycles. The lowest BCUT2D eigenvalue weighted by atomic mass is 10.1. The van der Waals surface area contributed by atoms with E-state index in [2.05, 4.69) is 26.3 Å². The third-order valence-corrected chi connectivity index (χ3v) is 4.74. The molecular formula is C20H21BrN4O3. The van der Waals surface area contributed by atoms with Crippen molar-refractivity contribution in [3.05, 3.63) is 58.7 Å². The van der Waals surface area contributed by atoms with Crippen LogP contribution in [-0.2, 0) is 7.05 Å². The third kappa shape index (κ3) is 4.35. The van der Waals surface area contributed by atoms with Crippen LogP contribution in [-0.4, -0.2) is 35.9 Å². The van der Waals surface area contributed by atoms with Crippen molar-refractivity contribution >= 4 is 27.5 Å². The highest BCUT2D eigenvalue weighted by Crippen LogP contribution is 2.33. The highest BCUT2D eigenvalue weighted by molar-refractivity contribution is 9.10. The normalized spacial score (nSPS) is 10.6. The van der Waals surface area contributed by atoms with E-state index in [0.717, 1.165) is 11.3 Å². The molecule has 1 aromatic heterocycles. The van der Waals surface area contributed by atoms with Gasteiger partial charge in [0.2, 0.25) is 0 Å². The number of benzene rings is 2. The Bertz CT molecular complexity index is 987. The average Bonchev–Trinajstić information content (AvgIpc) is 3.12. The zero-order valence-corrected chi connectivity index (χ0v) is 17.2. The molecule has 0 bridgehead atoms. The summed E-state index contributed by atoms with van der Waals surface area (Å²) in [4.78, 5) is 12.6. The fraction of sp³-hybridized carbons (Fsp3) is 0.200. The lowest BCUT2D eigenvalue weighted by Gasteiger charge is -2.14. The summed E-state index contributed by atoms with van der Waals surface area (Å²) in [6, 6.07) is 12.5. The molecule has 7 nitrogen and oxygen atoms in total. The molecule has 2 aromatic carbocycles. The number of nitrogens with two attached hydrogens (primary N) is 1. The molecule has 0 unspecified atom stereocenters. The Labute approximate surface area is 171 Å². The van der Waals surface area contributed by atoms with Crippen LogP contribution in [0.2, 0.25) is 0 Å². The van der Waals surface area contributed by atoms with Crippen LogP contribution in [0.25, 0.3) is 11.3 Å². The number of halogens is 1. The number of amides is 1. The Hall–Kier alpha value is -2.84.